The second-order valence-electron chi connectivity index (χ2n) is 3.72. The molecule has 1 rings (SSSR count). The summed E-state index contributed by atoms with van der Waals surface area (Å²) in [7, 11) is 0. The van der Waals surface area contributed by atoms with Crippen LogP contribution in [0.15, 0.2) is 21.2 Å². The van der Waals surface area contributed by atoms with Gasteiger partial charge in [-0.2, -0.15) is 0 Å². The molecule has 68 valence electrons. The molecule has 0 unspecified atom stereocenters. The zero-order valence-corrected chi connectivity index (χ0v) is 9.02. The van der Waals surface area contributed by atoms with Gasteiger partial charge in [0.2, 0.25) is 0 Å². The van der Waals surface area contributed by atoms with Gasteiger partial charge in [0.15, 0.2) is 0 Å². The summed E-state index contributed by atoms with van der Waals surface area (Å²) in [4.78, 5) is 0. The van der Waals surface area contributed by atoms with Gasteiger partial charge in [-0.1, -0.05) is 0 Å². The van der Waals surface area contributed by atoms with E-state index >= 15 is 0 Å². The van der Waals surface area contributed by atoms with E-state index in [1.807, 2.05) is 19.9 Å². The van der Waals surface area contributed by atoms with Crippen molar-refractivity contribution in [3.05, 3.63) is 22.6 Å². The minimum atomic E-state index is -0.112. The summed E-state index contributed by atoms with van der Waals surface area (Å²) in [6, 6.07) is 1.98. The molecule has 2 N–H and O–H groups in total. The second kappa shape index (κ2) is 3.62. The van der Waals surface area contributed by atoms with Gasteiger partial charge in [-0.05, 0) is 42.3 Å². The minimum absolute atomic E-state index is 0.112. The normalized spacial score (nSPS) is 12.0. The van der Waals surface area contributed by atoms with Crippen LogP contribution in [0.5, 0.6) is 0 Å². The molecule has 0 saturated carbocycles. The largest absolute Gasteiger partial charge is 0.468 e. The summed E-state index contributed by atoms with van der Waals surface area (Å²) in [6.07, 6.45) is 3.53. The standard InChI is InChI=1S/C9H14BrNO/c1-9(2,11)4-3-8-5-7(10)6-12-8/h5-6H,3-4,11H2,1-2H3. The van der Waals surface area contributed by atoms with Crippen molar-refractivity contribution in [1.82, 2.24) is 0 Å². The van der Waals surface area contributed by atoms with E-state index in [1.165, 1.54) is 0 Å². The summed E-state index contributed by atoms with van der Waals surface area (Å²) >= 11 is 3.33. The van der Waals surface area contributed by atoms with Gasteiger partial charge < -0.3 is 10.2 Å². The Balaban J connectivity index is 2.44. The molecule has 0 atom stereocenters. The number of furan rings is 1. The van der Waals surface area contributed by atoms with Gasteiger partial charge in [0.25, 0.3) is 0 Å². The number of halogens is 1. The first-order valence-corrected chi connectivity index (χ1v) is 4.78. The fraction of sp³-hybridized carbons (Fsp3) is 0.556. The topological polar surface area (TPSA) is 39.2 Å². The summed E-state index contributed by atoms with van der Waals surface area (Å²) in [5.74, 6) is 0.986. The van der Waals surface area contributed by atoms with Crippen molar-refractivity contribution in [1.29, 1.82) is 0 Å². The van der Waals surface area contributed by atoms with E-state index in [4.69, 9.17) is 10.2 Å². The van der Waals surface area contributed by atoms with E-state index < -0.39 is 0 Å². The van der Waals surface area contributed by atoms with Crippen molar-refractivity contribution in [2.75, 3.05) is 0 Å². The Bertz CT molecular complexity index is 249. The van der Waals surface area contributed by atoms with Crippen molar-refractivity contribution in [3.63, 3.8) is 0 Å². The first-order valence-electron chi connectivity index (χ1n) is 3.99. The maximum atomic E-state index is 5.84. The van der Waals surface area contributed by atoms with E-state index in [2.05, 4.69) is 15.9 Å². The fourth-order valence-corrected chi connectivity index (χ4v) is 1.28. The number of hydrogen-bond donors (Lipinski definition) is 1. The molecule has 2 nitrogen and oxygen atoms in total. The van der Waals surface area contributed by atoms with Crippen LogP contribution in [0.3, 0.4) is 0 Å². The lowest BCUT2D eigenvalue weighted by Crippen LogP contribution is -2.32. The molecule has 1 heterocycles. The van der Waals surface area contributed by atoms with E-state index in [1.54, 1.807) is 6.26 Å². The fourth-order valence-electron chi connectivity index (χ4n) is 0.930. The average molecular weight is 232 g/mol. The molecule has 12 heavy (non-hydrogen) atoms. The SMILES string of the molecule is CC(C)(N)CCc1cc(Br)co1. The maximum absolute atomic E-state index is 5.84. The Labute approximate surface area is 81.3 Å². The number of hydrogen-bond acceptors (Lipinski definition) is 2. The van der Waals surface area contributed by atoms with Gasteiger partial charge in [-0.3, -0.25) is 0 Å². The summed E-state index contributed by atoms with van der Waals surface area (Å²) in [5, 5.41) is 0. The average Bonchev–Trinajstić information content (AvgIpc) is 2.30. The molecule has 0 saturated heterocycles. The molecule has 1 aromatic heterocycles. The predicted molar refractivity (Wildman–Crippen MR) is 53.0 cm³/mol. The van der Waals surface area contributed by atoms with Crippen LogP contribution < -0.4 is 5.73 Å². The highest BCUT2D eigenvalue weighted by atomic mass is 79.9. The van der Waals surface area contributed by atoms with Gasteiger partial charge in [-0.15, -0.1) is 0 Å². The molecular weight excluding hydrogens is 218 g/mol. The van der Waals surface area contributed by atoms with Crippen LogP contribution in [0, 0.1) is 0 Å². The molecule has 0 aliphatic heterocycles. The smallest absolute Gasteiger partial charge is 0.105 e. The molecule has 0 amide bonds. The molecular formula is C9H14BrNO. The quantitative estimate of drug-likeness (QED) is 0.870. The van der Waals surface area contributed by atoms with Gasteiger partial charge in [0.1, 0.15) is 12.0 Å². The van der Waals surface area contributed by atoms with Crippen LogP contribution in [-0.2, 0) is 6.42 Å². The lowest BCUT2D eigenvalue weighted by atomic mass is 9.99. The Kier molecular flexibility index (Phi) is 2.96. The molecule has 0 spiro atoms. The van der Waals surface area contributed by atoms with E-state index in [-0.39, 0.29) is 5.54 Å². The molecule has 0 bridgehead atoms. The van der Waals surface area contributed by atoms with Crippen molar-refractivity contribution in [2.45, 2.75) is 32.2 Å². The highest BCUT2D eigenvalue weighted by molar-refractivity contribution is 9.10. The first kappa shape index (κ1) is 9.81. The summed E-state index contributed by atoms with van der Waals surface area (Å²) in [6.45, 7) is 4.04. The predicted octanol–water partition coefficient (Wildman–Crippen LogP) is 2.71. The highest BCUT2D eigenvalue weighted by Gasteiger charge is 2.11. The third-order valence-electron chi connectivity index (χ3n) is 1.64. The zero-order chi connectivity index (χ0) is 9.19. The van der Waals surface area contributed by atoms with Gasteiger partial charge in [-0.25, -0.2) is 0 Å². The zero-order valence-electron chi connectivity index (χ0n) is 7.43. The molecule has 0 aromatic carbocycles. The minimum Gasteiger partial charge on any atom is -0.468 e. The van der Waals surface area contributed by atoms with Gasteiger partial charge in [0.05, 0.1) is 4.47 Å². The number of aryl methyl sites for hydroxylation is 1. The summed E-state index contributed by atoms with van der Waals surface area (Å²) < 4.78 is 6.25. The van der Waals surface area contributed by atoms with Crippen molar-refractivity contribution >= 4 is 15.9 Å². The van der Waals surface area contributed by atoms with Gasteiger partial charge in [0, 0.05) is 12.0 Å². The highest BCUT2D eigenvalue weighted by Crippen LogP contribution is 2.17. The Hall–Kier alpha value is -0.280. The van der Waals surface area contributed by atoms with Crippen LogP contribution in [0.2, 0.25) is 0 Å². The van der Waals surface area contributed by atoms with Crippen molar-refractivity contribution < 1.29 is 4.42 Å². The van der Waals surface area contributed by atoms with Crippen molar-refractivity contribution in [3.8, 4) is 0 Å². The monoisotopic (exact) mass is 231 g/mol. The Morgan fingerprint density at radius 1 is 1.58 bits per heavy atom. The van der Waals surface area contributed by atoms with Crippen LogP contribution in [0.25, 0.3) is 0 Å². The van der Waals surface area contributed by atoms with E-state index in [0.29, 0.717) is 0 Å². The third-order valence-corrected chi connectivity index (χ3v) is 2.05. The van der Waals surface area contributed by atoms with Crippen LogP contribution >= 0.6 is 15.9 Å². The van der Waals surface area contributed by atoms with Crippen LogP contribution in [0.4, 0.5) is 0 Å². The molecule has 0 fully saturated rings. The second-order valence-corrected chi connectivity index (χ2v) is 4.64. The van der Waals surface area contributed by atoms with Gasteiger partial charge >= 0.3 is 0 Å². The van der Waals surface area contributed by atoms with Crippen molar-refractivity contribution in [2.24, 2.45) is 5.73 Å². The lowest BCUT2D eigenvalue weighted by Gasteiger charge is -2.16. The lowest BCUT2D eigenvalue weighted by molar-refractivity contribution is 0.433. The van der Waals surface area contributed by atoms with E-state index in [9.17, 15) is 0 Å². The maximum Gasteiger partial charge on any atom is 0.105 e. The molecule has 0 aliphatic carbocycles. The molecule has 1 aromatic rings. The Morgan fingerprint density at radius 3 is 2.67 bits per heavy atom. The first-order chi connectivity index (χ1) is 5.47. The molecule has 0 aliphatic rings. The summed E-state index contributed by atoms with van der Waals surface area (Å²) in [5.41, 5.74) is 5.72. The third kappa shape index (κ3) is 3.41. The van der Waals surface area contributed by atoms with E-state index in [0.717, 1.165) is 23.1 Å². The number of rotatable bonds is 3. The van der Waals surface area contributed by atoms with Crippen LogP contribution in [0.1, 0.15) is 26.0 Å². The Morgan fingerprint density at radius 2 is 2.25 bits per heavy atom. The van der Waals surface area contributed by atoms with Crippen LogP contribution in [-0.4, -0.2) is 5.54 Å². The number of nitrogens with two attached hydrogens (primary N) is 1. The molecule has 3 heteroatoms. The molecule has 0 radical (unpaired) electrons.